The molecule has 0 aromatic heterocycles. The number of ether oxygens (including phenoxy) is 1. The van der Waals surface area contributed by atoms with E-state index in [4.69, 9.17) is 8.92 Å². The quantitative estimate of drug-likeness (QED) is 0.568. The minimum Gasteiger partial charge on any atom is -0.497 e. The maximum Gasteiger partial charge on any atom is 0.339 e. The summed E-state index contributed by atoms with van der Waals surface area (Å²) in [6, 6.07) is 12.8. The summed E-state index contributed by atoms with van der Waals surface area (Å²) >= 11 is 0. The molecule has 2 aromatic rings. The van der Waals surface area contributed by atoms with Gasteiger partial charge in [0.2, 0.25) is 5.91 Å². The van der Waals surface area contributed by atoms with Gasteiger partial charge in [0.1, 0.15) is 16.4 Å². The molecule has 0 radical (unpaired) electrons. The first-order valence-electron chi connectivity index (χ1n) is 9.59. The Morgan fingerprint density at radius 1 is 0.931 bits per heavy atom. The van der Waals surface area contributed by atoms with Gasteiger partial charge in [-0.1, -0.05) is 26.0 Å². The summed E-state index contributed by atoms with van der Waals surface area (Å²) < 4.78 is 35.1. The molecule has 29 heavy (non-hydrogen) atoms. The van der Waals surface area contributed by atoms with Crippen LogP contribution in [0.25, 0.3) is 0 Å². The Balaban J connectivity index is 2.09. The van der Waals surface area contributed by atoms with E-state index in [-0.39, 0.29) is 22.6 Å². The molecule has 0 saturated heterocycles. The second kappa shape index (κ2) is 9.78. The normalized spacial score (nSPS) is 11.6. The largest absolute Gasteiger partial charge is 0.497 e. The van der Waals surface area contributed by atoms with Gasteiger partial charge in [-0.05, 0) is 61.7 Å². The zero-order valence-corrected chi connectivity index (χ0v) is 18.4. The lowest BCUT2D eigenvalue weighted by Crippen LogP contribution is -2.36. The van der Waals surface area contributed by atoms with Gasteiger partial charge in [0.25, 0.3) is 0 Å². The highest BCUT2D eigenvalue weighted by molar-refractivity contribution is 7.87. The van der Waals surface area contributed by atoms with Crippen LogP contribution < -0.4 is 8.92 Å². The van der Waals surface area contributed by atoms with E-state index in [9.17, 15) is 13.2 Å². The molecule has 1 amide bonds. The van der Waals surface area contributed by atoms with Crippen molar-refractivity contribution < 1.29 is 22.1 Å². The molecular formula is C22H29NO5S. The van der Waals surface area contributed by atoms with Crippen molar-refractivity contribution in [1.82, 2.24) is 4.90 Å². The highest BCUT2D eigenvalue weighted by Gasteiger charge is 2.19. The van der Waals surface area contributed by atoms with Crippen molar-refractivity contribution in [1.29, 1.82) is 0 Å². The van der Waals surface area contributed by atoms with Gasteiger partial charge in [-0.2, -0.15) is 8.42 Å². The Morgan fingerprint density at radius 3 is 1.97 bits per heavy atom. The SMILES string of the molecule is COc1ccc(S(=O)(=O)Oc2ccc(CN(C(=O)CC(C)C)C(C)C)cc2)cc1. The Labute approximate surface area is 173 Å². The Kier molecular flexibility index (Phi) is 7.67. The number of nitrogens with zero attached hydrogens (tertiary/aromatic N) is 1. The average Bonchev–Trinajstić information content (AvgIpc) is 2.66. The van der Waals surface area contributed by atoms with Crippen molar-refractivity contribution in [3.8, 4) is 11.5 Å². The molecule has 158 valence electrons. The number of benzene rings is 2. The number of hydrogen-bond acceptors (Lipinski definition) is 5. The number of carbonyl (C=O) groups is 1. The monoisotopic (exact) mass is 419 g/mol. The number of methoxy groups -OCH3 is 1. The Hall–Kier alpha value is -2.54. The summed E-state index contributed by atoms with van der Waals surface area (Å²) in [6.45, 7) is 8.47. The topological polar surface area (TPSA) is 72.9 Å². The smallest absolute Gasteiger partial charge is 0.339 e. The fourth-order valence-corrected chi connectivity index (χ4v) is 3.72. The van der Waals surface area contributed by atoms with E-state index in [1.165, 1.54) is 19.2 Å². The highest BCUT2D eigenvalue weighted by atomic mass is 32.2. The van der Waals surface area contributed by atoms with Crippen molar-refractivity contribution >= 4 is 16.0 Å². The van der Waals surface area contributed by atoms with E-state index in [0.29, 0.717) is 24.6 Å². The molecule has 7 heteroatoms. The van der Waals surface area contributed by atoms with Crippen molar-refractivity contribution in [2.75, 3.05) is 7.11 Å². The first-order chi connectivity index (χ1) is 13.6. The van der Waals surface area contributed by atoms with E-state index < -0.39 is 10.1 Å². The molecule has 0 aliphatic heterocycles. The molecule has 0 atom stereocenters. The van der Waals surface area contributed by atoms with Crippen LogP contribution in [0.2, 0.25) is 0 Å². The lowest BCUT2D eigenvalue weighted by atomic mass is 10.1. The standard InChI is InChI=1S/C22H29NO5S/c1-16(2)14-22(24)23(17(3)4)15-18-6-8-20(9-7-18)28-29(25,26)21-12-10-19(27-5)11-13-21/h6-13,16-17H,14-15H2,1-5H3. The van der Waals surface area contributed by atoms with Gasteiger partial charge in [0, 0.05) is 19.0 Å². The van der Waals surface area contributed by atoms with E-state index in [1.807, 2.05) is 32.6 Å². The second-order valence-electron chi connectivity index (χ2n) is 7.57. The Morgan fingerprint density at radius 2 is 1.48 bits per heavy atom. The lowest BCUT2D eigenvalue weighted by Gasteiger charge is -2.27. The molecular weight excluding hydrogens is 390 g/mol. The fourth-order valence-electron chi connectivity index (χ4n) is 2.79. The van der Waals surface area contributed by atoms with Gasteiger partial charge in [-0.3, -0.25) is 4.79 Å². The number of amides is 1. The molecule has 0 heterocycles. The van der Waals surface area contributed by atoms with Crippen LogP contribution in [0.5, 0.6) is 11.5 Å². The lowest BCUT2D eigenvalue weighted by molar-refractivity contribution is -0.134. The first-order valence-corrected chi connectivity index (χ1v) is 11.0. The number of hydrogen-bond donors (Lipinski definition) is 0. The fraction of sp³-hybridized carbons (Fsp3) is 0.409. The summed E-state index contributed by atoms with van der Waals surface area (Å²) in [7, 11) is -2.42. The Bertz CT molecular complexity index is 903. The summed E-state index contributed by atoms with van der Waals surface area (Å²) in [6.07, 6.45) is 0.499. The molecule has 6 nitrogen and oxygen atoms in total. The van der Waals surface area contributed by atoms with Crippen LogP contribution in [0.3, 0.4) is 0 Å². The zero-order valence-electron chi connectivity index (χ0n) is 17.6. The third kappa shape index (κ3) is 6.49. The van der Waals surface area contributed by atoms with E-state index in [2.05, 4.69) is 0 Å². The molecule has 2 aromatic carbocycles. The molecule has 0 aliphatic carbocycles. The summed E-state index contributed by atoms with van der Waals surface area (Å²) in [4.78, 5) is 14.3. The van der Waals surface area contributed by atoms with Crippen LogP contribution in [0.1, 0.15) is 39.7 Å². The third-order valence-electron chi connectivity index (χ3n) is 4.36. The molecule has 0 N–H and O–H groups in total. The summed E-state index contributed by atoms with van der Waals surface area (Å²) in [5.41, 5.74) is 0.907. The highest BCUT2D eigenvalue weighted by Crippen LogP contribution is 2.22. The minimum absolute atomic E-state index is 0.0487. The average molecular weight is 420 g/mol. The van der Waals surface area contributed by atoms with Crippen LogP contribution in [-0.2, 0) is 21.5 Å². The first kappa shape index (κ1) is 22.7. The van der Waals surface area contributed by atoms with Crippen LogP contribution in [0.4, 0.5) is 0 Å². The van der Waals surface area contributed by atoms with Crippen LogP contribution >= 0.6 is 0 Å². The van der Waals surface area contributed by atoms with Gasteiger partial charge in [-0.25, -0.2) is 0 Å². The van der Waals surface area contributed by atoms with Crippen molar-refractivity contribution in [2.45, 2.75) is 51.6 Å². The molecule has 0 bridgehead atoms. The van der Waals surface area contributed by atoms with Crippen molar-refractivity contribution in [2.24, 2.45) is 5.92 Å². The second-order valence-corrected chi connectivity index (χ2v) is 9.12. The van der Waals surface area contributed by atoms with Gasteiger partial charge < -0.3 is 13.8 Å². The van der Waals surface area contributed by atoms with Crippen molar-refractivity contribution in [3.05, 3.63) is 54.1 Å². The van der Waals surface area contributed by atoms with Gasteiger partial charge in [0.05, 0.1) is 7.11 Å². The number of rotatable bonds is 9. The maximum absolute atomic E-state index is 12.5. The van der Waals surface area contributed by atoms with Crippen LogP contribution in [-0.4, -0.2) is 32.4 Å². The van der Waals surface area contributed by atoms with Crippen LogP contribution in [0.15, 0.2) is 53.4 Å². The van der Waals surface area contributed by atoms with Crippen molar-refractivity contribution in [3.63, 3.8) is 0 Å². The molecule has 0 aliphatic rings. The molecule has 0 spiro atoms. The summed E-state index contributed by atoms with van der Waals surface area (Å²) in [5.74, 6) is 1.18. The van der Waals surface area contributed by atoms with E-state index in [0.717, 1.165) is 5.56 Å². The van der Waals surface area contributed by atoms with Crippen LogP contribution in [0, 0.1) is 5.92 Å². The van der Waals surface area contributed by atoms with E-state index >= 15 is 0 Å². The summed E-state index contributed by atoms with van der Waals surface area (Å²) in [5, 5.41) is 0. The predicted octanol–water partition coefficient (Wildman–Crippen LogP) is 4.25. The molecule has 0 fully saturated rings. The minimum atomic E-state index is -3.93. The zero-order chi connectivity index (χ0) is 21.6. The van der Waals surface area contributed by atoms with E-state index in [1.54, 1.807) is 36.4 Å². The maximum atomic E-state index is 12.5. The molecule has 0 saturated carbocycles. The molecule has 0 unspecified atom stereocenters. The predicted molar refractivity (Wildman–Crippen MR) is 112 cm³/mol. The van der Waals surface area contributed by atoms with Gasteiger partial charge in [0.15, 0.2) is 0 Å². The van der Waals surface area contributed by atoms with Gasteiger partial charge >= 0.3 is 10.1 Å². The third-order valence-corrected chi connectivity index (χ3v) is 5.62. The number of carbonyl (C=O) groups excluding carboxylic acids is 1. The molecule has 2 rings (SSSR count). The van der Waals surface area contributed by atoms with Gasteiger partial charge in [-0.15, -0.1) is 0 Å².